The molecule has 10 rings (SSSR count). The van der Waals surface area contributed by atoms with Crippen molar-refractivity contribution in [2.75, 3.05) is 27.3 Å². The van der Waals surface area contributed by atoms with Gasteiger partial charge in [-0.2, -0.15) is 0 Å². The van der Waals surface area contributed by atoms with Crippen LogP contribution in [0.2, 0.25) is 0 Å². The Hall–Kier alpha value is -5.44. The van der Waals surface area contributed by atoms with Crippen molar-refractivity contribution in [2.24, 2.45) is 22.7 Å². The molecule has 6 aliphatic rings. The molecule has 0 aromatic heterocycles. The molecule has 0 unspecified atom stereocenters. The van der Waals surface area contributed by atoms with Gasteiger partial charge >= 0.3 is 23.9 Å². The SMILES string of the molecule is CC1(C)CC(OC(=O)CCCCCCCCC(=O)OC2CC(C)(C)NC(C)(C)C2)CC(C)(C)C1.CN1C(C)(C)CC(OC(=O)CCCCCCCCC(=O)OC2CC(C)(C)N(C)C(C)(C)C2)CC1(C)C.Cc1c(C(C)(C)C)cc(C2CCC(C)CC2)cc1C(C)(C)C.Cc1c(C(C)(C)C)cc(C2OCC(C)CO2)cc1C(C)(C)C.Cc1cc(C(C)(C)C)c(C)c(C(C)(C)C)c1.Cc1cc(C(C)(C)C)c(C)c(C(C)(C)C)c1. The summed E-state index contributed by atoms with van der Waals surface area (Å²) in [7, 11) is 4.33. The van der Waals surface area contributed by atoms with E-state index in [0.717, 1.165) is 159 Å². The molecule has 4 saturated heterocycles. The summed E-state index contributed by atoms with van der Waals surface area (Å²) in [4.78, 5) is 54.2. The highest BCUT2D eigenvalue weighted by Crippen LogP contribution is 2.50. The molecule has 13 nitrogen and oxygen atoms in total. The molecule has 6 fully saturated rings. The topological polar surface area (TPSA) is 142 Å². The summed E-state index contributed by atoms with van der Waals surface area (Å²) in [5.41, 5.74) is 25.3. The summed E-state index contributed by atoms with van der Waals surface area (Å²) in [6.07, 6.45) is 27.8. The summed E-state index contributed by atoms with van der Waals surface area (Å²) < 4.78 is 35.2. The number of rotatable bonds is 24. The van der Waals surface area contributed by atoms with Crippen molar-refractivity contribution in [1.29, 1.82) is 0 Å². The fourth-order valence-corrected chi connectivity index (χ4v) is 25.5. The molecule has 1 N–H and O–H groups in total. The van der Waals surface area contributed by atoms with Crippen molar-refractivity contribution in [3.05, 3.63) is 138 Å². The Balaban J connectivity index is 0.000000316. The summed E-state index contributed by atoms with van der Waals surface area (Å²) in [6, 6.07) is 19.0. The third-order valence-corrected chi connectivity index (χ3v) is 32.7. The van der Waals surface area contributed by atoms with E-state index in [1.165, 1.54) is 98.9 Å². The van der Waals surface area contributed by atoms with E-state index in [1.54, 1.807) is 16.7 Å². The van der Waals surface area contributed by atoms with Crippen LogP contribution in [0.5, 0.6) is 0 Å². The molecule has 836 valence electrons. The molecule has 4 aromatic rings. The van der Waals surface area contributed by atoms with Gasteiger partial charge in [0.2, 0.25) is 0 Å². The van der Waals surface area contributed by atoms with Gasteiger partial charge in [0, 0.05) is 109 Å². The Morgan fingerprint density at radius 2 is 0.514 bits per heavy atom. The first-order chi connectivity index (χ1) is 66.1. The van der Waals surface area contributed by atoms with Gasteiger partial charge in [0.15, 0.2) is 6.29 Å². The highest BCUT2D eigenvalue weighted by molar-refractivity contribution is 5.71. The van der Waals surface area contributed by atoms with Crippen molar-refractivity contribution in [3.63, 3.8) is 0 Å². The molecule has 0 bridgehead atoms. The average Bonchev–Trinajstić information content (AvgIpc) is 0.783. The number of piperidine rings is 3. The van der Waals surface area contributed by atoms with Crippen LogP contribution in [0, 0.1) is 64.2 Å². The van der Waals surface area contributed by atoms with Crippen LogP contribution in [-0.4, -0.2) is 119 Å². The Labute approximate surface area is 900 Å². The van der Waals surface area contributed by atoms with E-state index in [2.05, 4.69) is 410 Å². The molecule has 0 radical (unpaired) electrons. The first-order valence-corrected chi connectivity index (χ1v) is 57.9. The lowest BCUT2D eigenvalue weighted by Crippen LogP contribution is -2.60. The predicted molar refractivity (Wildman–Crippen MR) is 624 cm³/mol. The number of esters is 4. The van der Waals surface area contributed by atoms with E-state index in [4.69, 9.17) is 28.4 Å². The van der Waals surface area contributed by atoms with E-state index < -0.39 is 0 Å². The van der Waals surface area contributed by atoms with Gasteiger partial charge in [0.1, 0.15) is 24.4 Å². The summed E-state index contributed by atoms with van der Waals surface area (Å²) in [5, 5.41) is 3.63. The van der Waals surface area contributed by atoms with Gasteiger partial charge in [-0.05, 0) is 347 Å². The third-order valence-electron chi connectivity index (χ3n) is 32.7. The van der Waals surface area contributed by atoms with Crippen LogP contribution in [0.15, 0.2) is 48.5 Å². The van der Waals surface area contributed by atoms with Gasteiger partial charge in [-0.25, -0.2) is 0 Å². The minimum absolute atomic E-state index is 0.00394. The van der Waals surface area contributed by atoms with Crippen LogP contribution in [0.4, 0.5) is 0 Å². The monoisotopic (exact) mass is 2030 g/mol. The molecule has 4 heterocycles. The summed E-state index contributed by atoms with van der Waals surface area (Å²) in [6.45, 7) is 111. The summed E-state index contributed by atoms with van der Waals surface area (Å²) in [5.74, 6) is 1.97. The lowest BCUT2D eigenvalue weighted by atomic mass is 9.64. The number of nitrogens with zero attached hydrogens (tertiary/aromatic N) is 2. The third kappa shape index (κ3) is 42.4. The van der Waals surface area contributed by atoms with Crippen LogP contribution in [0.1, 0.15) is 578 Å². The van der Waals surface area contributed by atoms with E-state index in [-0.39, 0.29) is 142 Å². The first-order valence-electron chi connectivity index (χ1n) is 57.9. The van der Waals surface area contributed by atoms with Gasteiger partial charge in [-0.15, -0.1) is 0 Å². The molecule has 2 aliphatic carbocycles. The van der Waals surface area contributed by atoms with Crippen molar-refractivity contribution in [1.82, 2.24) is 15.1 Å². The quantitative estimate of drug-likeness (QED) is 0.0404. The molecule has 0 spiro atoms. The van der Waals surface area contributed by atoms with Crippen LogP contribution >= 0.6 is 0 Å². The number of hydrogen-bond acceptors (Lipinski definition) is 13. The molecule has 2 saturated carbocycles. The van der Waals surface area contributed by atoms with Crippen LogP contribution in [0.3, 0.4) is 0 Å². The van der Waals surface area contributed by atoms with Gasteiger partial charge in [-0.1, -0.05) is 319 Å². The second-order valence-corrected chi connectivity index (χ2v) is 60.6. The largest absolute Gasteiger partial charge is 0.462 e. The number of carbonyl (C=O) groups excluding carboxylic acids is 4. The fourth-order valence-electron chi connectivity index (χ4n) is 25.5. The maximum absolute atomic E-state index is 12.4. The first kappa shape index (κ1) is 131. The average molecular weight is 2030 g/mol. The van der Waals surface area contributed by atoms with Crippen molar-refractivity contribution in [2.45, 2.75) is 632 Å². The van der Waals surface area contributed by atoms with E-state index >= 15 is 0 Å². The number of aryl methyl sites for hydroxylation is 2. The van der Waals surface area contributed by atoms with E-state index in [1.807, 2.05) is 0 Å². The normalized spacial score (nSPS) is 21.5. The number of nitrogens with one attached hydrogen (secondary N) is 1. The van der Waals surface area contributed by atoms with Crippen molar-refractivity contribution >= 4 is 23.9 Å². The zero-order chi connectivity index (χ0) is 112. The molecule has 0 atom stereocenters. The maximum Gasteiger partial charge on any atom is 0.306 e. The number of hydrogen-bond donors (Lipinski definition) is 1. The second-order valence-electron chi connectivity index (χ2n) is 60.6. The Morgan fingerprint density at radius 1 is 0.301 bits per heavy atom. The number of likely N-dealkylation sites (tertiary alicyclic amines) is 2. The van der Waals surface area contributed by atoms with E-state index in [9.17, 15) is 19.2 Å². The molecule has 4 aromatic carbocycles. The van der Waals surface area contributed by atoms with Gasteiger partial charge < -0.3 is 33.7 Å². The van der Waals surface area contributed by atoms with Crippen LogP contribution in [-0.2, 0) is 90.9 Å². The molecular weight excluding hydrogens is 1800 g/mol. The van der Waals surface area contributed by atoms with E-state index in [0.29, 0.717) is 31.6 Å². The van der Waals surface area contributed by atoms with Crippen molar-refractivity contribution in [3.8, 4) is 0 Å². The minimum atomic E-state index is -0.223. The smallest absolute Gasteiger partial charge is 0.306 e. The van der Waals surface area contributed by atoms with Crippen molar-refractivity contribution < 1.29 is 47.6 Å². The number of unbranched alkanes of at least 4 members (excludes halogenated alkanes) is 10. The second kappa shape index (κ2) is 52.2. The number of carbonyl (C=O) groups is 4. The zero-order valence-electron chi connectivity index (χ0n) is 105. The predicted octanol–water partition coefficient (Wildman–Crippen LogP) is 35.6. The fraction of sp³-hybridized carbons (Fsp3) is 0.789. The zero-order valence-corrected chi connectivity index (χ0v) is 105. The maximum atomic E-state index is 12.4. The number of ether oxygens (including phenoxy) is 6. The van der Waals surface area contributed by atoms with Gasteiger partial charge in [0.05, 0.1) is 13.2 Å². The van der Waals surface area contributed by atoms with Gasteiger partial charge in [-0.3, -0.25) is 29.0 Å². The minimum Gasteiger partial charge on any atom is -0.462 e. The highest BCUT2D eigenvalue weighted by atomic mass is 16.7. The lowest BCUT2D eigenvalue weighted by Gasteiger charge is -2.53. The van der Waals surface area contributed by atoms with Crippen LogP contribution < -0.4 is 5.32 Å². The lowest BCUT2D eigenvalue weighted by molar-refractivity contribution is -0.202. The van der Waals surface area contributed by atoms with Crippen LogP contribution in [0.25, 0.3) is 0 Å². The Morgan fingerprint density at radius 3 is 0.753 bits per heavy atom. The Bertz CT molecular complexity index is 4260. The van der Waals surface area contributed by atoms with Gasteiger partial charge in [0.25, 0.3) is 0 Å². The molecule has 13 heteroatoms. The number of benzene rings is 4. The molecule has 4 aliphatic heterocycles. The Kier molecular flexibility index (Phi) is 46.8. The standard InChI is InChI=1S/C30H56N2O4.C29H53NO4.C22H36.C20H32O2.2C16H26/c1-27(2)19-23(20-28(3,4)31(27)9)35-25(33)17-15-13-11-12-14-16-18-26(34)36-24-21-29(5,6)32(10)30(7,8)22-24;1-26(2)17-22(18-27(3,4)21-26)33-24(31)15-13-11-9-10-12-14-16-25(32)34-23-19-28(5,6)30-29(7,8)20-23;1-15-9-11-17(12-10-15)18-13-19(21(3,4)5)16(2)20(14-18)22(6,7)8;1-13-11-21-18(22-12-13)15-9-16(19(3,4)5)14(2)17(10-15)20(6,7)8;2*1-11-9-13(15(3,4)5)12(2)14(10-11)16(6,7)8/h23-24H,11-22H2,1-10H3;22-23,30H,9-21H2,1-8H3;13-15,17H,9-12H2,1-8H3;9-10,13,18H,11-12H2,1-8H3;2*9-10H,1-8H3. The highest BCUT2D eigenvalue weighted by Gasteiger charge is 2.48. The molecule has 146 heavy (non-hydrogen) atoms. The molecule has 0 amide bonds. The molecular formula is C133H229N3O10. The summed E-state index contributed by atoms with van der Waals surface area (Å²) >= 11 is 0.